The lowest BCUT2D eigenvalue weighted by Crippen LogP contribution is -1.99. The monoisotopic (exact) mass is 363 g/mol. The summed E-state index contributed by atoms with van der Waals surface area (Å²) in [6.07, 6.45) is 2.17. The lowest BCUT2D eigenvalue weighted by Gasteiger charge is -2.08. The summed E-state index contributed by atoms with van der Waals surface area (Å²) in [5.74, 6) is -1.95. The fourth-order valence-electron chi connectivity index (χ4n) is 1.34. The highest BCUT2D eigenvalue weighted by molar-refractivity contribution is 9.10. The second-order valence-corrected chi connectivity index (χ2v) is 6.78. The number of nitrogens with zero attached hydrogens (tertiary/aromatic N) is 1. The zero-order valence-electron chi connectivity index (χ0n) is 10.1. The lowest BCUT2D eigenvalue weighted by molar-refractivity contribution is 0.444. The second-order valence-electron chi connectivity index (χ2n) is 3.91. The van der Waals surface area contributed by atoms with Gasteiger partial charge in [0.2, 0.25) is 5.88 Å². The SMILES string of the molecule is CS(=O)(=O)c1cnc(Oc2ccc(F)c(F)c2)c(Br)c1. The van der Waals surface area contributed by atoms with E-state index in [0.29, 0.717) is 0 Å². The number of rotatable bonds is 3. The van der Waals surface area contributed by atoms with Crippen LogP contribution in [0.2, 0.25) is 0 Å². The molecular weight excluding hydrogens is 356 g/mol. The van der Waals surface area contributed by atoms with Gasteiger partial charge >= 0.3 is 0 Å². The molecule has 0 atom stereocenters. The van der Waals surface area contributed by atoms with E-state index in [9.17, 15) is 17.2 Å². The summed E-state index contributed by atoms with van der Waals surface area (Å²) >= 11 is 3.11. The molecule has 106 valence electrons. The van der Waals surface area contributed by atoms with E-state index in [1.54, 1.807) is 0 Å². The molecule has 0 aliphatic heterocycles. The van der Waals surface area contributed by atoms with Crippen molar-refractivity contribution in [1.82, 2.24) is 4.98 Å². The molecule has 2 aromatic rings. The van der Waals surface area contributed by atoms with E-state index in [1.807, 2.05) is 0 Å². The normalized spacial score (nSPS) is 11.4. The van der Waals surface area contributed by atoms with Crippen molar-refractivity contribution < 1.29 is 21.9 Å². The maximum Gasteiger partial charge on any atom is 0.233 e. The molecule has 0 saturated heterocycles. The van der Waals surface area contributed by atoms with E-state index < -0.39 is 21.5 Å². The van der Waals surface area contributed by atoms with Gasteiger partial charge < -0.3 is 4.74 Å². The van der Waals surface area contributed by atoms with Crippen molar-refractivity contribution in [3.63, 3.8) is 0 Å². The number of pyridine rings is 1. The summed E-state index contributed by atoms with van der Waals surface area (Å²) < 4.78 is 54.0. The molecule has 20 heavy (non-hydrogen) atoms. The van der Waals surface area contributed by atoms with Crippen LogP contribution in [-0.2, 0) is 9.84 Å². The maximum absolute atomic E-state index is 13.0. The average molecular weight is 364 g/mol. The van der Waals surface area contributed by atoms with Crippen LogP contribution < -0.4 is 4.74 Å². The zero-order valence-corrected chi connectivity index (χ0v) is 12.5. The third-order valence-electron chi connectivity index (χ3n) is 2.32. The molecule has 0 spiro atoms. The minimum atomic E-state index is -3.38. The van der Waals surface area contributed by atoms with Crippen molar-refractivity contribution in [1.29, 1.82) is 0 Å². The summed E-state index contributed by atoms with van der Waals surface area (Å²) in [5.41, 5.74) is 0. The molecule has 0 aliphatic carbocycles. The third-order valence-corrected chi connectivity index (χ3v) is 3.96. The van der Waals surface area contributed by atoms with Crippen LogP contribution in [0.1, 0.15) is 0 Å². The molecule has 8 heteroatoms. The van der Waals surface area contributed by atoms with E-state index in [4.69, 9.17) is 4.74 Å². The molecule has 4 nitrogen and oxygen atoms in total. The number of hydrogen-bond donors (Lipinski definition) is 0. The van der Waals surface area contributed by atoms with Crippen LogP contribution >= 0.6 is 15.9 Å². The van der Waals surface area contributed by atoms with Crippen molar-refractivity contribution in [2.45, 2.75) is 4.90 Å². The first-order valence-corrected chi connectivity index (χ1v) is 7.94. The van der Waals surface area contributed by atoms with Crippen molar-refractivity contribution >= 4 is 25.8 Å². The Kier molecular flexibility index (Phi) is 4.05. The van der Waals surface area contributed by atoms with E-state index in [-0.39, 0.29) is 21.0 Å². The van der Waals surface area contributed by atoms with Gasteiger partial charge in [0.05, 0.1) is 9.37 Å². The van der Waals surface area contributed by atoms with E-state index >= 15 is 0 Å². The zero-order chi connectivity index (χ0) is 14.9. The Balaban J connectivity index is 2.32. The molecule has 0 amide bonds. The summed E-state index contributed by atoms with van der Waals surface area (Å²) in [5, 5.41) is 0. The van der Waals surface area contributed by atoms with Gasteiger partial charge in [-0.15, -0.1) is 0 Å². The molecule has 0 radical (unpaired) electrons. The standard InChI is InChI=1S/C12H8BrF2NO3S/c1-20(17,18)8-5-9(13)12(16-6-8)19-7-2-3-10(14)11(15)4-7/h2-6H,1H3. The number of halogens is 3. The fourth-order valence-corrected chi connectivity index (χ4v) is 2.50. The summed E-state index contributed by atoms with van der Waals surface area (Å²) in [7, 11) is -3.38. The molecule has 0 unspecified atom stereocenters. The predicted molar refractivity (Wildman–Crippen MR) is 71.5 cm³/mol. The van der Waals surface area contributed by atoms with Crippen LogP contribution in [0.3, 0.4) is 0 Å². The second kappa shape index (κ2) is 5.45. The van der Waals surface area contributed by atoms with Crippen LogP contribution in [0.4, 0.5) is 8.78 Å². The minimum absolute atomic E-state index is 0.0158. The Bertz CT molecular complexity index is 765. The number of ether oxygens (including phenoxy) is 1. The highest BCUT2D eigenvalue weighted by Gasteiger charge is 2.13. The molecule has 0 saturated carbocycles. The highest BCUT2D eigenvalue weighted by Crippen LogP contribution is 2.29. The molecular formula is C12H8BrF2NO3S. The Morgan fingerprint density at radius 1 is 1.20 bits per heavy atom. The van der Waals surface area contributed by atoms with E-state index in [2.05, 4.69) is 20.9 Å². The van der Waals surface area contributed by atoms with Gasteiger partial charge in [0.1, 0.15) is 5.75 Å². The Morgan fingerprint density at radius 3 is 2.45 bits per heavy atom. The Hall–Kier alpha value is -1.54. The van der Waals surface area contributed by atoms with Gasteiger partial charge in [-0.3, -0.25) is 0 Å². The molecule has 1 heterocycles. The maximum atomic E-state index is 13.0. The van der Waals surface area contributed by atoms with E-state index in [1.165, 1.54) is 12.1 Å². The van der Waals surface area contributed by atoms with Gasteiger partial charge in [-0.1, -0.05) is 0 Å². The Labute approximate surface area is 122 Å². The largest absolute Gasteiger partial charge is 0.438 e. The van der Waals surface area contributed by atoms with Gasteiger partial charge in [-0.05, 0) is 34.1 Å². The molecule has 1 aromatic carbocycles. The number of hydrogen-bond acceptors (Lipinski definition) is 4. The first-order valence-electron chi connectivity index (χ1n) is 5.26. The first kappa shape index (κ1) is 14.9. The van der Waals surface area contributed by atoms with Crippen LogP contribution in [0.25, 0.3) is 0 Å². The van der Waals surface area contributed by atoms with Crippen LogP contribution in [0, 0.1) is 11.6 Å². The quantitative estimate of drug-likeness (QED) is 0.839. The molecule has 1 aromatic heterocycles. The molecule has 0 bridgehead atoms. The van der Waals surface area contributed by atoms with Crippen LogP contribution in [-0.4, -0.2) is 19.7 Å². The first-order chi connectivity index (χ1) is 9.27. The number of benzene rings is 1. The van der Waals surface area contributed by atoms with Gasteiger partial charge in [0.15, 0.2) is 21.5 Å². The third kappa shape index (κ3) is 3.31. The summed E-state index contributed by atoms with van der Waals surface area (Å²) in [6, 6.07) is 4.34. The van der Waals surface area contributed by atoms with Gasteiger partial charge in [-0.2, -0.15) is 0 Å². The van der Waals surface area contributed by atoms with E-state index in [0.717, 1.165) is 24.6 Å². The van der Waals surface area contributed by atoms with Crippen molar-refractivity contribution in [2.75, 3.05) is 6.26 Å². The predicted octanol–water partition coefficient (Wildman–Crippen LogP) is 3.32. The number of aromatic nitrogens is 1. The molecule has 0 aliphatic rings. The summed E-state index contributed by atoms with van der Waals surface area (Å²) in [6.45, 7) is 0. The average Bonchev–Trinajstić information content (AvgIpc) is 2.35. The molecule has 0 fully saturated rings. The van der Waals surface area contributed by atoms with Crippen LogP contribution in [0.15, 0.2) is 39.8 Å². The highest BCUT2D eigenvalue weighted by atomic mass is 79.9. The van der Waals surface area contributed by atoms with Gasteiger partial charge in [0, 0.05) is 18.5 Å². The smallest absolute Gasteiger partial charge is 0.233 e. The van der Waals surface area contributed by atoms with Crippen molar-refractivity contribution in [3.05, 3.63) is 46.6 Å². The minimum Gasteiger partial charge on any atom is -0.438 e. The fraction of sp³-hybridized carbons (Fsp3) is 0.0833. The Morgan fingerprint density at radius 2 is 1.90 bits per heavy atom. The van der Waals surface area contributed by atoms with Gasteiger partial charge in [-0.25, -0.2) is 22.2 Å². The molecule has 0 N–H and O–H groups in total. The van der Waals surface area contributed by atoms with Crippen LogP contribution in [0.5, 0.6) is 11.6 Å². The molecule has 2 rings (SSSR count). The summed E-state index contributed by atoms with van der Waals surface area (Å²) in [4.78, 5) is 3.84. The number of sulfone groups is 1. The van der Waals surface area contributed by atoms with Crippen molar-refractivity contribution in [3.8, 4) is 11.6 Å². The topological polar surface area (TPSA) is 56.3 Å². The van der Waals surface area contributed by atoms with Gasteiger partial charge in [0.25, 0.3) is 0 Å². The lowest BCUT2D eigenvalue weighted by atomic mass is 10.3. The van der Waals surface area contributed by atoms with Crippen molar-refractivity contribution in [2.24, 2.45) is 0 Å².